The Hall–Kier alpha value is -4.42. The van der Waals surface area contributed by atoms with Crippen molar-refractivity contribution in [3.8, 4) is 17.2 Å². The number of hydrogen-bond acceptors (Lipinski definition) is 10. The van der Waals surface area contributed by atoms with Gasteiger partial charge in [0.25, 0.3) is 11.5 Å². The maximum absolute atomic E-state index is 14.2. The molecule has 244 valence electrons. The molecule has 2 aliphatic heterocycles. The van der Waals surface area contributed by atoms with Crippen molar-refractivity contribution in [2.24, 2.45) is 4.99 Å². The Bertz CT molecular complexity index is 1790. The first-order valence-electron chi connectivity index (χ1n) is 15.5. The van der Waals surface area contributed by atoms with Crippen LogP contribution in [0.2, 0.25) is 0 Å². The molecule has 0 saturated carbocycles. The molecule has 0 aliphatic carbocycles. The van der Waals surface area contributed by atoms with E-state index < -0.39 is 12.0 Å². The smallest absolute Gasteiger partial charge is 0.338 e. The number of ether oxygens (including phenoxy) is 5. The van der Waals surface area contributed by atoms with Crippen LogP contribution >= 0.6 is 11.3 Å². The fourth-order valence-electron chi connectivity index (χ4n) is 5.50. The van der Waals surface area contributed by atoms with Crippen LogP contribution in [0.1, 0.15) is 50.8 Å². The molecule has 3 aromatic rings. The topological polar surface area (TPSA) is 118 Å². The third-order valence-corrected chi connectivity index (χ3v) is 8.59. The molecule has 11 nitrogen and oxygen atoms in total. The number of allylic oxidation sites excluding steroid dienone is 1. The molecule has 46 heavy (non-hydrogen) atoms. The lowest BCUT2D eigenvalue weighted by Crippen LogP contribution is -2.43. The Balaban J connectivity index is 1.56. The number of carbonyl (C=O) groups is 2. The van der Waals surface area contributed by atoms with Crippen molar-refractivity contribution in [1.29, 1.82) is 0 Å². The van der Waals surface area contributed by atoms with E-state index in [0.29, 0.717) is 88.3 Å². The predicted octanol–water partition coefficient (Wildman–Crippen LogP) is 3.22. The molecular weight excluding hydrogens is 610 g/mol. The molecular formula is C34H39N3O8S. The zero-order valence-corrected chi connectivity index (χ0v) is 27.4. The standard InChI is InChI=1S/C34H39N3O8S/c1-5-10-24-30(33(40)44-7-3)31(23-11-8-9-12-25(23)41-4)37-32(39)28(46-34(37)35-24)20-22-13-14-26(27(19-22)43-6-2)45-21-29(38)36-15-17-42-18-16-36/h8-9,11-14,19-20,31H,5-7,10,15-18,21H2,1-4H3/b28-20+/t31-/m1/s1. The van der Waals surface area contributed by atoms with Crippen LogP contribution in [0.25, 0.3) is 6.08 Å². The van der Waals surface area contributed by atoms with Gasteiger partial charge < -0.3 is 28.6 Å². The van der Waals surface area contributed by atoms with Crippen molar-refractivity contribution in [2.75, 3.05) is 53.2 Å². The van der Waals surface area contributed by atoms with Gasteiger partial charge in [-0.05, 0) is 50.1 Å². The summed E-state index contributed by atoms with van der Waals surface area (Å²) in [6, 6.07) is 11.9. The van der Waals surface area contributed by atoms with E-state index in [0.717, 1.165) is 6.42 Å². The van der Waals surface area contributed by atoms with Gasteiger partial charge in [0.15, 0.2) is 22.9 Å². The number of rotatable bonds is 12. The Morgan fingerprint density at radius 1 is 1.02 bits per heavy atom. The molecule has 0 radical (unpaired) electrons. The van der Waals surface area contributed by atoms with Crippen molar-refractivity contribution >= 4 is 29.3 Å². The number of thiazole rings is 1. The lowest BCUT2D eigenvalue weighted by atomic mass is 9.93. The van der Waals surface area contributed by atoms with Gasteiger partial charge in [-0.1, -0.05) is 48.9 Å². The first kappa shape index (κ1) is 33.0. The summed E-state index contributed by atoms with van der Waals surface area (Å²) < 4.78 is 30.2. The SMILES string of the molecule is CCCC1=C(C(=O)OCC)[C@@H](c2ccccc2OC)n2c(s/c(=C/c3ccc(OCC(=O)N4CCOCC4)c(OCC)c3)c2=O)=N1. The summed E-state index contributed by atoms with van der Waals surface area (Å²) in [7, 11) is 1.56. The first-order chi connectivity index (χ1) is 22.4. The number of carbonyl (C=O) groups excluding carboxylic acids is 2. The summed E-state index contributed by atoms with van der Waals surface area (Å²) in [5, 5.41) is 0. The molecule has 3 heterocycles. The van der Waals surface area contributed by atoms with Gasteiger partial charge in [0, 0.05) is 18.7 Å². The maximum atomic E-state index is 14.2. The number of nitrogens with zero attached hydrogens (tertiary/aromatic N) is 3. The van der Waals surface area contributed by atoms with Gasteiger partial charge in [0.1, 0.15) is 11.8 Å². The van der Waals surface area contributed by atoms with E-state index in [4.69, 9.17) is 28.7 Å². The second-order valence-electron chi connectivity index (χ2n) is 10.6. The highest BCUT2D eigenvalue weighted by atomic mass is 32.1. The molecule has 2 aromatic carbocycles. The number of morpholine rings is 1. The molecule has 2 aliphatic rings. The van der Waals surface area contributed by atoms with Gasteiger partial charge in [0.2, 0.25) is 0 Å². The van der Waals surface area contributed by atoms with Crippen LogP contribution in [-0.2, 0) is 19.1 Å². The van der Waals surface area contributed by atoms with Gasteiger partial charge in [-0.25, -0.2) is 9.79 Å². The van der Waals surface area contributed by atoms with Gasteiger partial charge in [-0.15, -0.1) is 0 Å². The number of benzene rings is 2. The zero-order valence-electron chi connectivity index (χ0n) is 26.6. The van der Waals surface area contributed by atoms with E-state index in [1.165, 1.54) is 11.3 Å². The Morgan fingerprint density at radius 3 is 2.52 bits per heavy atom. The number of fused-ring (bicyclic) bond motifs is 1. The van der Waals surface area contributed by atoms with Crippen LogP contribution in [0.3, 0.4) is 0 Å². The van der Waals surface area contributed by atoms with Gasteiger partial charge >= 0.3 is 5.97 Å². The highest BCUT2D eigenvalue weighted by Gasteiger charge is 2.35. The number of aromatic nitrogens is 1. The van der Waals surface area contributed by atoms with Crippen molar-refractivity contribution < 1.29 is 33.3 Å². The predicted molar refractivity (Wildman–Crippen MR) is 173 cm³/mol. The maximum Gasteiger partial charge on any atom is 0.338 e. The Labute approximate surface area is 271 Å². The zero-order chi connectivity index (χ0) is 32.6. The Morgan fingerprint density at radius 2 is 1.80 bits per heavy atom. The molecule has 1 atom stereocenters. The lowest BCUT2D eigenvalue weighted by Gasteiger charge is -2.26. The van der Waals surface area contributed by atoms with Gasteiger partial charge in [-0.2, -0.15) is 0 Å². The molecule has 0 unspecified atom stereocenters. The minimum atomic E-state index is -0.783. The van der Waals surface area contributed by atoms with E-state index in [9.17, 15) is 14.4 Å². The molecule has 5 rings (SSSR count). The fourth-order valence-corrected chi connectivity index (χ4v) is 6.52. The van der Waals surface area contributed by atoms with Gasteiger partial charge in [-0.3, -0.25) is 14.2 Å². The minimum absolute atomic E-state index is 0.120. The number of esters is 1. The number of methoxy groups -OCH3 is 1. The highest BCUT2D eigenvalue weighted by molar-refractivity contribution is 7.07. The van der Waals surface area contributed by atoms with E-state index in [-0.39, 0.29) is 24.7 Å². The first-order valence-corrected chi connectivity index (χ1v) is 16.3. The number of hydrogen-bond donors (Lipinski definition) is 0. The third kappa shape index (κ3) is 7.02. The monoisotopic (exact) mass is 649 g/mol. The van der Waals surface area contributed by atoms with E-state index in [1.54, 1.807) is 53.8 Å². The molecule has 1 saturated heterocycles. The molecule has 0 N–H and O–H groups in total. The van der Waals surface area contributed by atoms with Crippen LogP contribution < -0.4 is 29.1 Å². The summed E-state index contributed by atoms with van der Waals surface area (Å²) in [6.45, 7) is 8.18. The molecule has 12 heteroatoms. The molecule has 1 amide bonds. The minimum Gasteiger partial charge on any atom is -0.496 e. The van der Waals surface area contributed by atoms with Crippen LogP contribution in [0.5, 0.6) is 17.2 Å². The van der Waals surface area contributed by atoms with E-state index in [2.05, 4.69) is 0 Å². The van der Waals surface area contributed by atoms with Gasteiger partial charge in [0.05, 0.1) is 49.3 Å². The number of para-hydroxylation sites is 1. The van der Waals surface area contributed by atoms with Crippen molar-refractivity contribution in [2.45, 2.75) is 39.7 Å². The van der Waals surface area contributed by atoms with Crippen LogP contribution in [-0.4, -0.2) is 74.6 Å². The molecule has 0 spiro atoms. The largest absolute Gasteiger partial charge is 0.496 e. The molecule has 1 aromatic heterocycles. The van der Waals surface area contributed by atoms with Crippen molar-refractivity contribution in [3.63, 3.8) is 0 Å². The van der Waals surface area contributed by atoms with Crippen LogP contribution in [0.4, 0.5) is 0 Å². The van der Waals surface area contributed by atoms with Crippen molar-refractivity contribution in [1.82, 2.24) is 9.47 Å². The second-order valence-corrected chi connectivity index (χ2v) is 11.6. The molecule has 1 fully saturated rings. The van der Waals surface area contributed by atoms with Crippen molar-refractivity contribution in [3.05, 3.63) is 84.5 Å². The fraction of sp³-hybridized carbons (Fsp3) is 0.412. The normalized spacial score (nSPS) is 16.5. The third-order valence-electron chi connectivity index (χ3n) is 7.61. The summed E-state index contributed by atoms with van der Waals surface area (Å²) in [4.78, 5) is 47.3. The average molecular weight is 650 g/mol. The van der Waals surface area contributed by atoms with E-state index >= 15 is 0 Å². The number of amides is 1. The summed E-state index contributed by atoms with van der Waals surface area (Å²) in [6.07, 6.45) is 3.06. The lowest BCUT2D eigenvalue weighted by molar-refractivity contribution is -0.139. The second kappa shape index (κ2) is 15.2. The quantitative estimate of drug-likeness (QED) is 0.275. The summed E-state index contributed by atoms with van der Waals surface area (Å²) in [5.74, 6) is 0.807. The summed E-state index contributed by atoms with van der Waals surface area (Å²) in [5.41, 5.74) is 1.99. The molecule has 0 bridgehead atoms. The van der Waals surface area contributed by atoms with E-state index in [1.807, 2.05) is 32.0 Å². The Kier molecular flexibility index (Phi) is 10.9. The highest BCUT2D eigenvalue weighted by Crippen LogP contribution is 2.37. The summed E-state index contributed by atoms with van der Waals surface area (Å²) >= 11 is 1.25. The average Bonchev–Trinajstić information content (AvgIpc) is 3.38. The van der Waals surface area contributed by atoms with Crippen LogP contribution in [0.15, 0.2) is 63.5 Å². The van der Waals surface area contributed by atoms with Crippen LogP contribution in [0, 0.1) is 0 Å².